The molecule has 0 spiro atoms. The molecule has 1 atom stereocenters. The summed E-state index contributed by atoms with van der Waals surface area (Å²) in [5.74, 6) is 0.517. The lowest BCUT2D eigenvalue weighted by Gasteiger charge is -2.11. The van der Waals surface area contributed by atoms with Crippen molar-refractivity contribution in [2.24, 2.45) is 5.92 Å². The zero-order valence-electron chi connectivity index (χ0n) is 13.2. The first kappa shape index (κ1) is 19.1. The molecular weight excluding hydrogens is 300 g/mol. The number of ketones is 1. The highest BCUT2D eigenvalue weighted by Crippen LogP contribution is 2.17. The van der Waals surface area contributed by atoms with E-state index < -0.39 is 0 Å². The van der Waals surface area contributed by atoms with E-state index >= 15 is 0 Å². The molecule has 0 radical (unpaired) electrons. The van der Waals surface area contributed by atoms with Crippen molar-refractivity contribution in [3.63, 3.8) is 0 Å². The maximum atomic E-state index is 11.7. The first-order valence-corrected chi connectivity index (χ1v) is 9.19. The minimum absolute atomic E-state index is 0.0848. The van der Waals surface area contributed by atoms with E-state index in [1.54, 1.807) is 0 Å². The fourth-order valence-electron chi connectivity index (χ4n) is 2.31. The number of halogens is 1. The molecule has 0 saturated carbocycles. The van der Waals surface area contributed by atoms with Crippen LogP contribution in [0, 0.1) is 5.92 Å². The molecule has 0 N–H and O–H groups in total. The van der Waals surface area contributed by atoms with E-state index in [1.165, 1.54) is 64.2 Å². The SMILES string of the molecule is CCCCCCCCCCCCC(Br)C(=O)C(C)C. The third kappa shape index (κ3) is 11.7. The molecule has 0 aromatic carbocycles. The fourth-order valence-corrected chi connectivity index (χ4v) is 3.17. The second kappa shape index (κ2) is 13.1. The van der Waals surface area contributed by atoms with Crippen LogP contribution in [-0.2, 0) is 4.79 Å². The molecule has 1 unspecified atom stereocenters. The number of rotatable bonds is 13. The predicted molar refractivity (Wildman–Crippen MR) is 89.0 cm³/mol. The second-order valence-electron chi connectivity index (χ2n) is 6.00. The second-order valence-corrected chi connectivity index (χ2v) is 7.10. The Kier molecular flexibility index (Phi) is 13.3. The molecule has 2 heteroatoms. The van der Waals surface area contributed by atoms with Crippen molar-refractivity contribution in [1.82, 2.24) is 0 Å². The highest BCUT2D eigenvalue weighted by Gasteiger charge is 2.17. The molecule has 0 aromatic rings. The monoisotopic (exact) mass is 332 g/mol. The van der Waals surface area contributed by atoms with E-state index in [0.29, 0.717) is 5.78 Å². The highest BCUT2D eigenvalue weighted by atomic mass is 79.9. The van der Waals surface area contributed by atoms with Crippen LogP contribution in [0.3, 0.4) is 0 Å². The van der Waals surface area contributed by atoms with Gasteiger partial charge in [0.05, 0.1) is 4.83 Å². The number of hydrogen-bond acceptors (Lipinski definition) is 1. The number of hydrogen-bond donors (Lipinski definition) is 0. The summed E-state index contributed by atoms with van der Waals surface area (Å²) in [5.41, 5.74) is 0. The smallest absolute Gasteiger partial charge is 0.148 e. The van der Waals surface area contributed by atoms with E-state index in [4.69, 9.17) is 0 Å². The van der Waals surface area contributed by atoms with Gasteiger partial charge in [0, 0.05) is 5.92 Å². The Hall–Kier alpha value is 0.150. The van der Waals surface area contributed by atoms with Gasteiger partial charge in [0.2, 0.25) is 0 Å². The maximum Gasteiger partial charge on any atom is 0.148 e. The minimum Gasteiger partial charge on any atom is -0.298 e. The Labute approximate surface area is 129 Å². The van der Waals surface area contributed by atoms with E-state index in [0.717, 1.165) is 6.42 Å². The molecule has 0 aromatic heterocycles. The van der Waals surface area contributed by atoms with Gasteiger partial charge < -0.3 is 0 Å². The number of unbranched alkanes of at least 4 members (excludes halogenated alkanes) is 9. The van der Waals surface area contributed by atoms with Crippen LogP contribution < -0.4 is 0 Å². The van der Waals surface area contributed by atoms with E-state index in [2.05, 4.69) is 22.9 Å². The molecule has 114 valence electrons. The first-order chi connectivity index (χ1) is 9.09. The van der Waals surface area contributed by atoms with Gasteiger partial charge in [-0.05, 0) is 6.42 Å². The van der Waals surface area contributed by atoms with Crippen LogP contribution >= 0.6 is 15.9 Å². The summed E-state index contributed by atoms with van der Waals surface area (Å²) in [5, 5.41) is 0. The summed E-state index contributed by atoms with van der Waals surface area (Å²) in [7, 11) is 0. The Bertz CT molecular complexity index is 213. The third-order valence-corrected chi connectivity index (χ3v) is 4.60. The normalized spacial score (nSPS) is 12.9. The zero-order valence-corrected chi connectivity index (χ0v) is 14.8. The van der Waals surface area contributed by atoms with Gasteiger partial charge in [-0.15, -0.1) is 0 Å². The Morgan fingerprint density at radius 1 is 0.842 bits per heavy atom. The molecule has 0 aliphatic heterocycles. The number of Topliss-reactive ketones (excluding diaryl/α,β-unsaturated/α-hetero) is 1. The number of carbonyl (C=O) groups excluding carboxylic acids is 1. The van der Waals surface area contributed by atoms with E-state index in [9.17, 15) is 4.79 Å². The van der Waals surface area contributed by atoms with Gasteiger partial charge in [-0.2, -0.15) is 0 Å². The molecular formula is C17H33BrO. The lowest BCUT2D eigenvalue weighted by molar-refractivity contribution is -0.121. The molecule has 0 heterocycles. The van der Waals surface area contributed by atoms with Crippen molar-refractivity contribution in [1.29, 1.82) is 0 Å². The van der Waals surface area contributed by atoms with Crippen LogP contribution in [0.5, 0.6) is 0 Å². The van der Waals surface area contributed by atoms with Crippen molar-refractivity contribution < 1.29 is 4.79 Å². The average molecular weight is 333 g/mol. The average Bonchev–Trinajstić information content (AvgIpc) is 2.39. The van der Waals surface area contributed by atoms with Gasteiger partial charge in [0.25, 0.3) is 0 Å². The van der Waals surface area contributed by atoms with Crippen LogP contribution in [0.1, 0.15) is 91.4 Å². The topological polar surface area (TPSA) is 17.1 Å². The lowest BCUT2D eigenvalue weighted by Crippen LogP contribution is -2.19. The predicted octanol–water partition coefficient (Wildman–Crippen LogP) is 6.29. The quantitative estimate of drug-likeness (QED) is 0.286. The van der Waals surface area contributed by atoms with E-state index in [1.807, 2.05) is 13.8 Å². The van der Waals surface area contributed by atoms with Gasteiger partial charge in [-0.3, -0.25) is 4.79 Å². The molecule has 0 amide bonds. The Morgan fingerprint density at radius 3 is 1.68 bits per heavy atom. The highest BCUT2D eigenvalue weighted by molar-refractivity contribution is 9.10. The largest absolute Gasteiger partial charge is 0.298 e. The fraction of sp³-hybridized carbons (Fsp3) is 0.941. The van der Waals surface area contributed by atoms with Crippen LogP contribution in [0.2, 0.25) is 0 Å². The van der Waals surface area contributed by atoms with Crippen molar-refractivity contribution >= 4 is 21.7 Å². The van der Waals surface area contributed by atoms with Gasteiger partial charge in [-0.1, -0.05) is 101 Å². The maximum absolute atomic E-state index is 11.7. The molecule has 0 rings (SSSR count). The number of alkyl halides is 1. The Morgan fingerprint density at radius 2 is 1.26 bits per heavy atom. The van der Waals surface area contributed by atoms with Crippen LogP contribution in [0.4, 0.5) is 0 Å². The third-order valence-electron chi connectivity index (χ3n) is 3.69. The molecule has 19 heavy (non-hydrogen) atoms. The summed E-state index contributed by atoms with van der Waals surface area (Å²) < 4.78 is 0. The van der Waals surface area contributed by atoms with Gasteiger partial charge in [0.1, 0.15) is 5.78 Å². The summed E-state index contributed by atoms with van der Waals surface area (Å²) in [6.45, 7) is 6.23. The summed E-state index contributed by atoms with van der Waals surface area (Å²) in [6, 6.07) is 0. The van der Waals surface area contributed by atoms with Crippen molar-refractivity contribution in [3.8, 4) is 0 Å². The summed E-state index contributed by atoms with van der Waals surface area (Å²) >= 11 is 3.51. The van der Waals surface area contributed by atoms with Crippen molar-refractivity contribution in [3.05, 3.63) is 0 Å². The van der Waals surface area contributed by atoms with Gasteiger partial charge >= 0.3 is 0 Å². The van der Waals surface area contributed by atoms with Crippen molar-refractivity contribution in [2.75, 3.05) is 0 Å². The van der Waals surface area contributed by atoms with Crippen molar-refractivity contribution in [2.45, 2.75) is 96.2 Å². The molecule has 1 nitrogen and oxygen atoms in total. The van der Waals surface area contributed by atoms with Crippen LogP contribution in [0.15, 0.2) is 0 Å². The van der Waals surface area contributed by atoms with Crippen LogP contribution in [-0.4, -0.2) is 10.6 Å². The zero-order chi connectivity index (χ0) is 14.5. The van der Waals surface area contributed by atoms with Gasteiger partial charge in [0.15, 0.2) is 0 Å². The lowest BCUT2D eigenvalue weighted by atomic mass is 10.0. The molecule has 0 saturated heterocycles. The molecule has 0 aliphatic carbocycles. The molecule has 0 fully saturated rings. The summed E-state index contributed by atoms with van der Waals surface area (Å²) in [4.78, 5) is 11.8. The molecule has 0 aliphatic rings. The Balaban J connectivity index is 3.25. The summed E-state index contributed by atoms with van der Waals surface area (Å²) in [6.07, 6.45) is 14.6. The molecule has 0 bridgehead atoms. The van der Waals surface area contributed by atoms with Crippen LogP contribution in [0.25, 0.3) is 0 Å². The standard InChI is InChI=1S/C17H33BrO/c1-4-5-6-7-8-9-10-11-12-13-14-16(18)17(19)15(2)3/h15-16H,4-14H2,1-3H3. The first-order valence-electron chi connectivity index (χ1n) is 8.27. The van der Waals surface area contributed by atoms with Gasteiger partial charge in [-0.25, -0.2) is 0 Å². The van der Waals surface area contributed by atoms with E-state index in [-0.39, 0.29) is 10.7 Å². The number of carbonyl (C=O) groups is 1. The minimum atomic E-state index is 0.0848.